The van der Waals surface area contributed by atoms with Crippen molar-refractivity contribution in [2.45, 2.75) is 26.4 Å². The van der Waals surface area contributed by atoms with Crippen LogP contribution in [0, 0.1) is 0 Å². The lowest BCUT2D eigenvalue weighted by Gasteiger charge is -2.19. The molecule has 0 aliphatic rings. The van der Waals surface area contributed by atoms with Crippen molar-refractivity contribution in [3.63, 3.8) is 0 Å². The van der Waals surface area contributed by atoms with Crippen LogP contribution in [0.25, 0.3) is 10.9 Å². The van der Waals surface area contributed by atoms with Crippen molar-refractivity contribution >= 4 is 40.0 Å². The lowest BCUT2D eigenvalue weighted by atomic mass is 10.1. The fourth-order valence-electron chi connectivity index (χ4n) is 2.43. The molecule has 2 heterocycles. The van der Waals surface area contributed by atoms with Crippen LogP contribution in [-0.4, -0.2) is 32.9 Å². The number of ether oxygens (including phenoxy) is 1. The molecule has 0 bridgehead atoms. The van der Waals surface area contributed by atoms with Gasteiger partial charge in [-0.25, -0.2) is 9.78 Å². The smallest absolute Gasteiger partial charge is 0.419 e. The highest BCUT2D eigenvalue weighted by molar-refractivity contribution is 7.12. The van der Waals surface area contributed by atoms with Gasteiger partial charge in [-0.15, -0.1) is 11.3 Å². The molecule has 1 amide bonds. The second-order valence-corrected chi connectivity index (χ2v) is 7.50. The molecule has 0 spiro atoms. The summed E-state index contributed by atoms with van der Waals surface area (Å²) in [6.07, 6.45) is 0.858. The van der Waals surface area contributed by atoms with E-state index in [1.54, 1.807) is 45.0 Å². The number of hydrogen-bond acceptors (Lipinski definition) is 6. The van der Waals surface area contributed by atoms with E-state index in [2.05, 4.69) is 4.98 Å². The van der Waals surface area contributed by atoms with Crippen LogP contribution in [0.5, 0.6) is 0 Å². The minimum absolute atomic E-state index is 0.0363. The third-order valence-corrected chi connectivity index (χ3v) is 4.34. The molecule has 0 unspecified atom stereocenters. The Morgan fingerprint density at radius 3 is 2.50 bits per heavy atom. The van der Waals surface area contributed by atoms with Gasteiger partial charge >= 0.3 is 6.09 Å². The maximum Gasteiger partial charge on any atom is 0.419 e. The first-order chi connectivity index (χ1) is 12.2. The number of para-hydroxylation sites is 1. The monoisotopic (exact) mass is 371 g/mol. The van der Waals surface area contributed by atoms with Gasteiger partial charge in [0.25, 0.3) is 5.91 Å². The molecule has 3 aromatic rings. The number of rotatable bonds is 3. The summed E-state index contributed by atoms with van der Waals surface area (Å²) in [6, 6.07) is 7.01. The number of benzene rings is 1. The lowest BCUT2D eigenvalue weighted by molar-refractivity contribution is 0.0544. The van der Waals surface area contributed by atoms with E-state index >= 15 is 0 Å². The van der Waals surface area contributed by atoms with Crippen molar-refractivity contribution in [2.24, 2.45) is 5.73 Å². The molecule has 134 valence electrons. The number of aromatic nitrogens is 2. The van der Waals surface area contributed by atoms with E-state index < -0.39 is 17.6 Å². The topological polar surface area (TPSA) is 104 Å². The number of primary amides is 1. The maximum absolute atomic E-state index is 12.8. The molecule has 26 heavy (non-hydrogen) atoms. The zero-order valence-corrected chi connectivity index (χ0v) is 15.3. The summed E-state index contributed by atoms with van der Waals surface area (Å²) in [4.78, 5) is 40.5. The molecule has 2 aromatic heterocycles. The third-order valence-electron chi connectivity index (χ3n) is 3.50. The molecule has 3 rings (SSSR count). The van der Waals surface area contributed by atoms with Gasteiger partial charge < -0.3 is 10.5 Å². The Morgan fingerprint density at radius 2 is 1.88 bits per heavy atom. The minimum Gasteiger partial charge on any atom is -0.443 e. The number of nitrogens with two attached hydrogens (primary N) is 1. The standard InChI is InChI=1S/C18H17N3O4S/c1-18(2,3)25-17(24)21-8-11(10-6-4-5-7-13(10)21)14(22)16-20-12(9-26-16)15(19)23/h4-9H,1-3H3,(H2,19,23). The average molecular weight is 371 g/mol. The molecule has 1 aromatic carbocycles. The van der Waals surface area contributed by atoms with Crippen LogP contribution in [0.3, 0.4) is 0 Å². The predicted molar refractivity (Wildman–Crippen MR) is 97.6 cm³/mol. The second kappa shape index (κ2) is 6.38. The highest BCUT2D eigenvalue weighted by atomic mass is 32.1. The molecule has 0 atom stereocenters. The Hall–Kier alpha value is -3.00. The SMILES string of the molecule is CC(C)(C)OC(=O)n1cc(C(=O)c2nc(C(N)=O)cs2)c2ccccc21. The summed E-state index contributed by atoms with van der Waals surface area (Å²) in [6.45, 7) is 5.30. The molecule has 0 fully saturated rings. The van der Waals surface area contributed by atoms with Gasteiger partial charge in [0.05, 0.1) is 11.1 Å². The van der Waals surface area contributed by atoms with Gasteiger partial charge in [0.15, 0.2) is 5.01 Å². The van der Waals surface area contributed by atoms with Crippen LogP contribution >= 0.6 is 11.3 Å². The van der Waals surface area contributed by atoms with Gasteiger partial charge in [-0.2, -0.15) is 0 Å². The normalized spacial score (nSPS) is 11.5. The van der Waals surface area contributed by atoms with Crippen LogP contribution in [0.4, 0.5) is 4.79 Å². The number of hydrogen-bond donors (Lipinski definition) is 1. The molecular weight excluding hydrogens is 354 g/mol. The summed E-state index contributed by atoms with van der Waals surface area (Å²) >= 11 is 1.03. The van der Waals surface area contributed by atoms with Crippen molar-refractivity contribution in [1.29, 1.82) is 0 Å². The van der Waals surface area contributed by atoms with Gasteiger partial charge in [-0.05, 0) is 26.8 Å². The molecule has 7 nitrogen and oxygen atoms in total. The van der Waals surface area contributed by atoms with E-state index in [0.717, 1.165) is 11.3 Å². The van der Waals surface area contributed by atoms with Crippen molar-refractivity contribution in [1.82, 2.24) is 9.55 Å². The van der Waals surface area contributed by atoms with Crippen molar-refractivity contribution < 1.29 is 19.1 Å². The van der Waals surface area contributed by atoms with Gasteiger partial charge in [-0.1, -0.05) is 18.2 Å². The molecule has 0 saturated heterocycles. The summed E-state index contributed by atoms with van der Waals surface area (Å²) in [5.41, 5.74) is 5.41. The number of fused-ring (bicyclic) bond motifs is 1. The van der Waals surface area contributed by atoms with Gasteiger partial charge in [0.1, 0.15) is 11.3 Å². The second-order valence-electron chi connectivity index (χ2n) is 6.64. The van der Waals surface area contributed by atoms with Crippen LogP contribution < -0.4 is 5.73 Å². The number of carbonyl (C=O) groups excluding carboxylic acids is 3. The van der Waals surface area contributed by atoms with Crippen LogP contribution in [0.1, 0.15) is 46.6 Å². The largest absolute Gasteiger partial charge is 0.443 e. The molecule has 0 radical (unpaired) electrons. The van der Waals surface area contributed by atoms with Crippen LogP contribution in [0.15, 0.2) is 35.8 Å². The zero-order chi connectivity index (χ0) is 19.1. The fourth-order valence-corrected chi connectivity index (χ4v) is 3.19. The van der Waals surface area contributed by atoms with Crippen molar-refractivity contribution in [3.8, 4) is 0 Å². The number of amides is 1. The third kappa shape index (κ3) is 3.36. The summed E-state index contributed by atoms with van der Waals surface area (Å²) in [5, 5.41) is 2.16. The highest BCUT2D eigenvalue weighted by Crippen LogP contribution is 2.26. The molecule has 0 saturated carbocycles. The van der Waals surface area contributed by atoms with E-state index in [1.165, 1.54) is 16.1 Å². The van der Waals surface area contributed by atoms with E-state index in [1.807, 2.05) is 0 Å². The molecule has 8 heteroatoms. The highest BCUT2D eigenvalue weighted by Gasteiger charge is 2.24. The number of thiazole rings is 1. The fraction of sp³-hybridized carbons (Fsp3) is 0.222. The first-order valence-electron chi connectivity index (χ1n) is 7.81. The van der Waals surface area contributed by atoms with E-state index in [9.17, 15) is 14.4 Å². The molecule has 0 aliphatic carbocycles. The molecular formula is C18H17N3O4S. The lowest BCUT2D eigenvalue weighted by Crippen LogP contribution is -2.26. The van der Waals surface area contributed by atoms with E-state index in [-0.39, 0.29) is 16.5 Å². The Balaban J connectivity index is 2.07. The Bertz CT molecular complexity index is 1030. The zero-order valence-electron chi connectivity index (χ0n) is 14.5. The summed E-state index contributed by atoms with van der Waals surface area (Å²) < 4.78 is 6.71. The summed E-state index contributed by atoms with van der Waals surface area (Å²) in [5.74, 6) is -1.09. The quantitative estimate of drug-likeness (QED) is 0.712. The Morgan fingerprint density at radius 1 is 1.19 bits per heavy atom. The Labute approximate surface area is 153 Å². The van der Waals surface area contributed by atoms with Crippen LogP contribution in [-0.2, 0) is 4.74 Å². The maximum atomic E-state index is 12.8. The van der Waals surface area contributed by atoms with Crippen molar-refractivity contribution in [3.05, 3.63) is 52.1 Å². The van der Waals surface area contributed by atoms with Gasteiger partial charge in [0, 0.05) is 17.0 Å². The van der Waals surface area contributed by atoms with Crippen molar-refractivity contribution in [2.75, 3.05) is 0 Å². The van der Waals surface area contributed by atoms with E-state index in [0.29, 0.717) is 16.5 Å². The number of ketones is 1. The number of carbonyl (C=O) groups is 3. The summed E-state index contributed by atoms with van der Waals surface area (Å²) in [7, 11) is 0. The minimum atomic E-state index is -0.698. The first kappa shape index (κ1) is 17.8. The number of nitrogens with zero attached hydrogens (tertiary/aromatic N) is 2. The first-order valence-corrected chi connectivity index (χ1v) is 8.69. The predicted octanol–water partition coefficient (Wildman–Crippen LogP) is 3.21. The molecule has 2 N–H and O–H groups in total. The Kier molecular flexibility index (Phi) is 4.37. The van der Waals surface area contributed by atoms with Crippen LogP contribution in [0.2, 0.25) is 0 Å². The van der Waals surface area contributed by atoms with E-state index in [4.69, 9.17) is 10.5 Å². The molecule has 0 aliphatic heterocycles. The van der Waals surface area contributed by atoms with Gasteiger partial charge in [-0.3, -0.25) is 14.2 Å². The average Bonchev–Trinajstić information content (AvgIpc) is 3.18. The van der Waals surface area contributed by atoms with Gasteiger partial charge in [0.2, 0.25) is 5.78 Å².